The second-order valence-corrected chi connectivity index (χ2v) is 5.37. The lowest BCUT2D eigenvalue weighted by atomic mass is 10.2. The number of benzene rings is 1. The summed E-state index contributed by atoms with van der Waals surface area (Å²) in [6.45, 7) is 0.409. The lowest BCUT2D eigenvalue weighted by Crippen LogP contribution is -2.24. The molecular formula is C15H13ClN2O2. The number of hydrogen-bond acceptors (Lipinski definition) is 4. The van der Waals surface area contributed by atoms with Gasteiger partial charge in [0.2, 0.25) is 0 Å². The first-order valence-corrected chi connectivity index (χ1v) is 7.13. The summed E-state index contributed by atoms with van der Waals surface area (Å²) < 4.78 is 11.6. The van der Waals surface area contributed by atoms with Gasteiger partial charge in [-0.3, -0.25) is 0 Å². The van der Waals surface area contributed by atoms with Gasteiger partial charge in [-0.05, 0) is 31.4 Å². The monoisotopic (exact) mass is 288 g/mol. The van der Waals surface area contributed by atoms with Crippen molar-refractivity contribution in [1.29, 1.82) is 0 Å². The minimum absolute atomic E-state index is 0.298. The van der Waals surface area contributed by atoms with Crippen molar-refractivity contribution in [3.8, 4) is 11.5 Å². The van der Waals surface area contributed by atoms with Crippen molar-refractivity contribution in [2.24, 2.45) is 0 Å². The van der Waals surface area contributed by atoms with Gasteiger partial charge in [-0.2, -0.15) is 0 Å². The zero-order valence-electron chi connectivity index (χ0n) is 10.8. The van der Waals surface area contributed by atoms with Crippen molar-refractivity contribution in [2.75, 3.05) is 6.61 Å². The number of aromatic nitrogens is 2. The Morgan fingerprint density at radius 2 is 1.95 bits per heavy atom. The van der Waals surface area contributed by atoms with Crippen LogP contribution in [0.1, 0.15) is 29.6 Å². The molecule has 0 radical (unpaired) electrons. The van der Waals surface area contributed by atoms with E-state index in [2.05, 4.69) is 9.97 Å². The zero-order chi connectivity index (χ0) is 13.5. The Morgan fingerprint density at radius 3 is 2.85 bits per heavy atom. The van der Waals surface area contributed by atoms with Crippen LogP contribution >= 0.6 is 11.6 Å². The van der Waals surface area contributed by atoms with Crippen LogP contribution in [-0.4, -0.2) is 16.6 Å². The molecule has 0 amide bonds. The number of hydrogen-bond donors (Lipinski definition) is 0. The van der Waals surface area contributed by atoms with Crippen molar-refractivity contribution in [1.82, 2.24) is 9.97 Å². The third kappa shape index (κ3) is 1.91. The van der Waals surface area contributed by atoms with E-state index in [0.717, 1.165) is 42.0 Å². The number of halogens is 1. The fourth-order valence-electron chi connectivity index (χ4n) is 2.70. The van der Waals surface area contributed by atoms with Gasteiger partial charge in [-0.25, -0.2) is 9.97 Å². The largest absolute Gasteiger partial charge is 0.485 e. The Morgan fingerprint density at radius 1 is 1.10 bits per heavy atom. The van der Waals surface area contributed by atoms with Crippen LogP contribution in [-0.2, 0) is 12.8 Å². The van der Waals surface area contributed by atoms with Gasteiger partial charge < -0.3 is 9.47 Å². The van der Waals surface area contributed by atoms with Crippen molar-refractivity contribution in [3.05, 3.63) is 46.5 Å². The molecule has 1 aliphatic carbocycles. The van der Waals surface area contributed by atoms with Crippen molar-refractivity contribution < 1.29 is 9.47 Å². The maximum absolute atomic E-state index is 6.25. The lowest BCUT2D eigenvalue weighted by Gasteiger charge is -2.25. The molecule has 2 heterocycles. The van der Waals surface area contributed by atoms with Gasteiger partial charge in [0.25, 0.3) is 0 Å². The molecule has 0 bridgehead atoms. The van der Waals surface area contributed by atoms with Crippen LogP contribution in [0.5, 0.6) is 11.5 Å². The van der Waals surface area contributed by atoms with E-state index in [1.807, 2.05) is 24.3 Å². The maximum atomic E-state index is 6.25. The number of rotatable bonds is 1. The Hall–Kier alpha value is -1.81. The molecule has 5 heteroatoms. The second-order valence-electron chi connectivity index (χ2n) is 5.02. The van der Waals surface area contributed by atoms with Crippen LogP contribution in [0.25, 0.3) is 0 Å². The molecule has 1 atom stereocenters. The minimum atomic E-state index is -0.298. The highest BCUT2D eigenvalue weighted by Crippen LogP contribution is 2.36. The van der Waals surface area contributed by atoms with E-state index >= 15 is 0 Å². The Kier molecular flexibility index (Phi) is 2.77. The first kappa shape index (κ1) is 12.0. The molecular weight excluding hydrogens is 276 g/mol. The average molecular weight is 289 g/mol. The second kappa shape index (κ2) is 4.63. The third-order valence-electron chi connectivity index (χ3n) is 3.70. The Balaban J connectivity index is 1.68. The Labute approximate surface area is 121 Å². The quantitative estimate of drug-likeness (QED) is 0.756. The Bertz CT molecular complexity index is 675. The van der Waals surface area contributed by atoms with E-state index in [4.69, 9.17) is 21.1 Å². The van der Waals surface area contributed by atoms with E-state index in [9.17, 15) is 0 Å². The maximum Gasteiger partial charge on any atom is 0.192 e. The summed E-state index contributed by atoms with van der Waals surface area (Å²) in [5, 5.41) is 0.560. The number of fused-ring (bicyclic) bond motifs is 2. The number of nitrogens with zero attached hydrogens (tertiary/aromatic N) is 2. The number of ether oxygens (including phenoxy) is 2. The highest BCUT2D eigenvalue weighted by Gasteiger charge is 2.27. The van der Waals surface area contributed by atoms with Gasteiger partial charge in [0.15, 0.2) is 23.4 Å². The van der Waals surface area contributed by atoms with Gasteiger partial charge in [-0.15, -0.1) is 0 Å². The van der Waals surface area contributed by atoms with E-state index in [1.165, 1.54) is 0 Å². The fraction of sp³-hybridized carbons (Fsp3) is 0.333. The molecule has 102 valence electrons. The van der Waals surface area contributed by atoms with Gasteiger partial charge in [0.05, 0.1) is 0 Å². The first-order chi connectivity index (χ1) is 9.81. The molecule has 0 saturated heterocycles. The predicted molar refractivity (Wildman–Crippen MR) is 74.4 cm³/mol. The van der Waals surface area contributed by atoms with Gasteiger partial charge in [-0.1, -0.05) is 23.7 Å². The van der Waals surface area contributed by atoms with E-state index in [-0.39, 0.29) is 6.10 Å². The summed E-state index contributed by atoms with van der Waals surface area (Å²) in [5.41, 5.74) is 2.15. The minimum Gasteiger partial charge on any atom is -0.485 e. The highest BCUT2D eigenvalue weighted by molar-refractivity contribution is 6.30. The van der Waals surface area contributed by atoms with Crippen LogP contribution < -0.4 is 9.47 Å². The van der Waals surface area contributed by atoms with Gasteiger partial charge >= 0.3 is 0 Å². The molecule has 0 fully saturated rings. The molecule has 2 aromatic rings. The van der Waals surface area contributed by atoms with Crippen molar-refractivity contribution >= 4 is 11.6 Å². The molecule has 2 aliphatic rings. The average Bonchev–Trinajstić information content (AvgIpc) is 2.96. The third-order valence-corrected chi connectivity index (χ3v) is 4.01. The summed E-state index contributed by atoms with van der Waals surface area (Å²) in [6, 6.07) is 7.62. The van der Waals surface area contributed by atoms with Crippen LogP contribution in [0.15, 0.2) is 24.3 Å². The highest BCUT2D eigenvalue weighted by atomic mass is 35.5. The van der Waals surface area contributed by atoms with Gasteiger partial charge in [0, 0.05) is 11.3 Å². The smallest absolute Gasteiger partial charge is 0.192 e. The topological polar surface area (TPSA) is 44.2 Å². The molecule has 4 rings (SSSR count). The van der Waals surface area contributed by atoms with E-state index in [1.54, 1.807) is 0 Å². The normalized spacial score (nSPS) is 19.8. The molecule has 1 aromatic heterocycles. The lowest BCUT2D eigenvalue weighted by molar-refractivity contribution is 0.0849. The molecule has 1 unspecified atom stereocenters. The van der Waals surface area contributed by atoms with E-state index < -0.39 is 0 Å². The summed E-state index contributed by atoms with van der Waals surface area (Å²) in [5.74, 6) is 2.10. The van der Waals surface area contributed by atoms with Crippen molar-refractivity contribution in [2.45, 2.75) is 25.4 Å². The zero-order valence-corrected chi connectivity index (χ0v) is 11.6. The molecule has 20 heavy (non-hydrogen) atoms. The summed E-state index contributed by atoms with van der Waals surface area (Å²) >= 11 is 6.25. The summed E-state index contributed by atoms with van der Waals surface area (Å²) in [6.07, 6.45) is 2.74. The first-order valence-electron chi connectivity index (χ1n) is 6.75. The van der Waals surface area contributed by atoms with Crippen LogP contribution in [0.4, 0.5) is 0 Å². The van der Waals surface area contributed by atoms with E-state index in [0.29, 0.717) is 17.6 Å². The van der Waals surface area contributed by atoms with Crippen LogP contribution in [0.3, 0.4) is 0 Å². The fourth-order valence-corrected chi connectivity index (χ4v) is 2.99. The molecule has 0 N–H and O–H groups in total. The molecule has 0 saturated carbocycles. The number of aryl methyl sites for hydroxylation is 1. The molecule has 4 nitrogen and oxygen atoms in total. The summed E-state index contributed by atoms with van der Waals surface area (Å²) in [7, 11) is 0. The summed E-state index contributed by atoms with van der Waals surface area (Å²) in [4.78, 5) is 9.00. The SMILES string of the molecule is Clc1nc(C2COc3ccccc3O2)nc2c1CCC2. The molecule has 1 aliphatic heterocycles. The predicted octanol–water partition coefficient (Wildman–Crippen LogP) is 3.13. The molecule has 1 aromatic carbocycles. The van der Waals surface area contributed by atoms with Crippen LogP contribution in [0, 0.1) is 0 Å². The molecule has 0 spiro atoms. The van der Waals surface area contributed by atoms with Crippen LogP contribution in [0.2, 0.25) is 5.15 Å². The van der Waals surface area contributed by atoms with Crippen molar-refractivity contribution in [3.63, 3.8) is 0 Å². The van der Waals surface area contributed by atoms with Gasteiger partial charge in [0.1, 0.15) is 11.8 Å². The standard InChI is InChI=1S/C15H13ClN2O2/c16-14-9-4-3-5-10(9)17-15(18-14)13-8-19-11-6-1-2-7-12(11)20-13/h1-2,6-7,13H,3-5,8H2. The number of para-hydroxylation sites is 2.